The Kier molecular flexibility index (Phi) is 3.66. The van der Waals surface area contributed by atoms with Crippen molar-refractivity contribution < 1.29 is 4.52 Å². The van der Waals surface area contributed by atoms with Gasteiger partial charge in [-0.1, -0.05) is 36.4 Å². The summed E-state index contributed by atoms with van der Waals surface area (Å²) in [6, 6.07) is 14.3. The molecule has 0 amide bonds. The zero-order valence-corrected chi connectivity index (χ0v) is 10.2. The second-order valence-corrected chi connectivity index (χ2v) is 4.56. The standard InChI is InChI=1S/C11H11NOP2/c1-14-12-15-13-11-8-4-6-9-5-2-3-7-10(9)11/h2-8,15H,1H3. The van der Waals surface area contributed by atoms with Gasteiger partial charge in [-0.05, 0) is 18.1 Å². The predicted octanol–water partition coefficient (Wildman–Crippen LogP) is 4.49. The van der Waals surface area contributed by atoms with Crippen LogP contribution in [0.1, 0.15) is 0 Å². The quantitative estimate of drug-likeness (QED) is 0.718. The number of nitrogens with zero attached hydrogens (tertiary/aromatic N) is 1. The molecule has 0 bridgehead atoms. The summed E-state index contributed by atoms with van der Waals surface area (Å²) in [6.07, 6.45) is 0. The van der Waals surface area contributed by atoms with Crippen LogP contribution >= 0.6 is 17.3 Å². The van der Waals surface area contributed by atoms with E-state index >= 15 is 0 Å². The minimum atomic E-state index is 0.186. The van der Waals surface area contributed by atoms with Crippen LogP contribution in [0, 0.1) is 0 Å². The van der Waals surface area contributed by atoms with E-state index in [1.54, 1.807) is 0 Å². The molecule has 2 aromatic carbocycles. The Morgan fingerprint density at radius 2 is 1.93 bits per heavy atom. The van der Waals surface area contributed by atoms with Gasteiger partial charge in [0.15, 0.2) is 8.96 Å². The number of hydrogen-bond donors (Lipinski definition) is 0. The molecule has 0 aliphatic rings. The lowest BCUT2D eigenvalue weighted by Crippen LogP contribution is -1.79. The Labute approximate surface area is 92.5 Å². The van der Waals surface area contributed by atoms with Crippen LogP contribution in [-0.2, 0) is 0 Å². The van der Waals surface area contributed by atoms with Gasteiger partial charge >= 0.3 is 0 Å². The molecule has 0 saturated carbocycles. The van der Waals surface area contributed by atoms with E-state index in [0.29, 0.717) is 0 Å². The van der Waals surface area contributed by atoms with E-state index in [9.17, 15) is 0 Å². The maximum absolute atomic E-state index is 5.61. The van der Waals surface area contributed by atoms with Gasteiger partial charge in [0.05, 0.1) is 0 Å². The van der Waals surface area contributed by atoms with Crippen molar-refractivity contribution >= 4 is 28.1 Å². The summed E-state index contributed by atoms with van der Waals surface area (Å²) in [6.45, 7) is 1.99. The number of rotatable bonds is 3. The van der Waals surface area contributed by atoms with Gasteiger partial charge in [-0.3, -0.25) is 0 Å². The smallest absolute Gasteiger partial charge is 0.200 e. The maximum Gasteiger partial charge on any atom is 0.200 e. The lowest BCUT2D eigenvalue weighted by atomic mass is 10.1. The molecule has 0 radical (unpaired) electrons. The Balaban J connectivity index is 2.34. The molecule has 4 heteroatoms. The lowest BCUT2D eigenvalue weighted by molar-refractivity contribution is 0.640. The molecule has 76 valence electrons. The number of benzene rings is 2. The highest BCUT2D eigenvalue weighted by Crippen LogP contribution is 2.31. The first kappa shape index (κ1) is 10.5. The fraction of sp³-hybridized carbons (Fsp3) is 0.0909. The van der Waals surface area contributed by atoms with Crippen molar-refractivity contribution in [2.75, 3.05) is 6.66 Å². The van der Waals surface area contributed by atoms with Gasteiger partial charge in [-0.25, -0.2) is 4.52 Å². The Hall–Kier alpha value is -0.970. The highest BCUT2D eigenvalue weighted by Gasteiger charge is 1.99. The molecule has 2 rings (SSSR count). The molecule has 0 aromatic heterocycles. The van der Waals surface area contributed by atoms with Crippen molar-refractivity contribution in [3.05, 3.63) is 42.5 Å². The minimum absolute atomic E-state index is 0.186. The molecule has 2 nitrogen and oxygen atoms in total. The van der Waals surface area contributed by atoms with Crippen LogP contribution in [0.3, 0.4) is 0 Å². The summed E-state index contributed by atoms with van der Waals surface area (Å²) in [4.78, 5) is 0. The SMILES string of the molecule is CP=NPOc1cccc2ccccc12. The van der Waals surface area contributed by atoms with E-state index in [0.717, 1.165) is 19.5 Å². The molecule has 0 aliphatic heterocycles. The molecule has 2 aromatic rings. The first-order chi connectivity index (χ1) is 7.42. The van der Waals surface area contributed by atoms with Crippen LogP contribution in [0.25, 0.3) is 10.8 Å². The molecule has 0 aliphatic carbocycles. The fourth-order valence-electron chi connectivity index (χ4n) is 1.40. The molecule has 0 heterocycles. The van der Waals surface area contributed by atoms with Crippen LogP contribution in [0.2, 0.25) is 0 Å². The van der Waals surface area contributed by atoms with Crippen LogP contribution < -0.4 is 4.52 Å². The molecule has 0 saturated heterocycles. The monoisotopic (exact) mass is 235 g/mol. The van der Waals surface area contributed by atoms with E-state index in [1.807, 2.05) is 30.9 Å². The average Bonchev–Trinajstić information content (AvgIpc) is 2.30. The summed E-state index contributed by atoms with van der Waals surface area (Å²) < 4.78 is 9.77. The van der Waals surface area contributed by atoms with Gasteiger partial charge < -0.3 is 4.52 Å². The summed E-state index contributed by atoms with van der Waals surface area (Å²) >= 11 is 0. The van der Waals surface area contributed by atoms with Crippen molar-refractivity contribution in [3.63, 3.8) is 0 Å². The second kappa shape index (κ2) is 5.21. The maximum atomic E-state index is 5.61. The highest BCUT2D eigenvalue weighted by molar-refractivity contribution is 7.41. The summed E-state index contributed by atoms with van der Waals surface area (Å²) in [5.41, 5.74) is 0. The zero-order chi connectivity index (χ0) is 10.5. The van der Waals surface area contributed by atoms with E-state index in [1.165, 1.54) is 5.39 Å². The average molecular weight is 235 g/mol. The largest absolute Gasteiger partial charge is 0.453 e. The first-order valence-electron chi connectivity index (χ1n) is 4.60. The Morgan fingerprint density at radius 1 is 1.13 bits per heavy atom. The van der Waals surface area contributed by atoms with Crippen molar-refractivity contribution in [2.45, 2.75) is 0 Å². The topological polar surface area (TPSA) is 21.6 Å². The van der Waals surface area contributed by atoms with E-state index in [2.05, 4.69) is 22.7 Å². The lowest BCUT2D eigenvalue weighted by Gasteiger charge is -2.05. The first-order valence-corrected chi connectivity index (χ1v) is 6.75. The van der Waals surface area contributed by atoms with Crippen LogP contribution in [-0.4, -0.2) is 6.66 Å². The molecule has 15 heavy (non-hydrogen) atoms. The van der Waals surface area contributed by atoms with Crippen molar-refractivity contribution in [3.8, 4) is 5.75 Å². The normalized spacial score (nSPS) is 11.8. The van der Waals surface area contributed by atoms with Gasteiger partial charge in [-0.2, -0.15) is 0 Å². The van der Waals surface area contributed by atoms with Crippen molar-refractivity contribution in [1.29, 1.82) is 0 Å². The summed E-state index contributed by atoms with van der Waals surface area (Å²) in [7, 11) is 1.20. The molecule has 0 N–H and O–H groups in total. The minimum Gasteiger partial charge on any atom is -0.453 e. The number of fused-ring (bicyclic) bond motifs is 1. The van der Waals surface area contributed by atoms with Gasteiger partial charge in [0.25, 0.3) is 0 Å². The third kappa shape index (κ3) is 2.53. The van der Waals surface area contributed by atoms with Crippen molar-refractivity contribution in [1.82, 2.24) is 0 Å². The van der Waals surface area contributed by atoms with Crippen LogP contribution in [0.15, 0.2) is 47.0 Å². The highest BCUT2D eigenvalue weighted by atomic mass is 31.1. The van der Waals surface area contributed by atoms with E-state index in [4.69, 9.17) is 4.52 Å². The summed E-state index contributed by atoms with van der Waals surface area (Å²) in [5, 5.41) is 2.35. The van der Waals surface area contributed by atoms with Gasteiger partial charge in [-0.15, -0.1) is 0 Å². The molecular formula is C11H11NOP2. The third-order valence-electron chi connectivity index (χ3n) is 2.05. The molecule has 1 unspecified atom stereocenters. The van der Waals surface area contributed by atoms with Gasteiger partial charge in [0, 0.05) is 13.8 Å². The van der Waals surface area contributed by atoms with E-state index in [-0.39, 0.29) is 8.96 Å². The van der Waals surface area contributed by atoms with Crippen molar-refractivity contribution in [2.24, 2.45) is 4.52 Å². The Morgan fingerprint density at radius 3 is 2.80 bits per heavy atom. The Bertz CT molecular complexity index is 479. The third-order valence-corrected chi connectivity index (χ3v) is 3.48. The molecular weight excluding hydrogens is 224 g/mol. The fourth-order valence-corrected chi connectivity index (χ4v) is 2.16. The van der Waals surface area contributed by atoms with Gasteiger partial charge in [0.1, 0.15) is 5.75 Å². The van der Waals surface area contributed by atoms with Gasteiger partial charge in [0.2, 0.25) is 0 Å². The number of hydrogen-bond acceptors (Lipinski definition) is 2. The summed E-state index contributed by atoms with van der Waals surface area (Å²) in [5.74, 6) is 0.916. The van der Waals surface area contributed by atoms with Crippen LogP contribution in [0.4, 0.5) is 0 Å². The zero-order valence-electron chi connectivity index (χ0n) is 8.34. The molecule has 0 spiro atoms. The molecule has 1 atom stereocenters. The molecule has 0 fully saturated rings. The second-order valence-electron chi connectivity index (χ2n) is 2.97. The predicted molar refractivity (Wildman–Crippen MR) is 68.2 cm³/mol. The van der Waals surface area contributed by atoms with E-state index < -0.39 is 0 Å². The van der Waals surface area contributed by atoms with Crippen LogP contribution in [0.5, 0.6) is 5.75 Å².